The minimum Gasteiger partial charge on any atom is -0.317 e. The van der Waals surface area contributed by atoms with Crippen molar-refractivity contribution >= 4 is 11.8 Å². The van der Waals surface area contributed by atoms with Crippen LogP contribution < -0.4 is 5.32 Å². The zero-order valence-electron chi connectivity index (χ0n) is 7.94. The zero-order valence-corrected chi connectivity index (χ0v) is 8.75. The molecule has 1 nitrogen and oxygen atoms in total. The van der Waals surface area contributed by atoms with Gasteiger partial charge in [0.05, 0.1) is 0 Å². The fraction of sp³-hybridized carbons (Fsp3) is 1.00. The SMILES string of the molecule is CCNCC1CC12CCSCC2. The van der Waals surface area contributed by atoms with Crippen molar-refractivity contribution in [3.63, 3.8) is 0 Å². The van der Waals surface area contributed by atoms with Gasteiger partial charge in [0.2, 0.25) is 0 Å². The van der Waals surface area contributed by atoms with Crippen LogP contribution in [0.15, 0.2) is 0 Å². The molecular weight excluding hydrogens is 166 g/mol. The Morgan fingerprint density at radius 2 is 2.17 bits per heavy atom. The Balaban J connectivity index is 1.75. The van der Waals surface area contributed by atoms with Gasteiger partial charge in [-0.25, -0.2) is 0 Å². The predicted molar refractivity (Wildman–Crippen MR) is 55.6 cm³/mol. The molecule has 0 aromatic carbocycles. The van der Waals surface area contributed by atoms with E-state index in [2.05, 4.69) is 24.0 Å². The molecule has 2 heteroatoms. The maximum absolute atomic E-state index is 3.47. The van der Waals surface area contributed by atoms with Crippen LogP contribution in [0.4, 0.5) is 0 Å². The van der Waals surface area contributed by atoms with Crippen molar-refractivity contribution in [1.82, 2.24) is 5.32 Å². The summed E-state index contributed by atoms with van der Waals surface area (Å²) < 4.78 is 0. The van der Waals surface area contributed by atoms with E-state index in [4.69, 9.17) is 0 Å². The molecule has 70 valence electrons. The van der Waals surface area contributed by atoms with Gasteiger partial charge < -0.3 is 5.32 Å². The first-order valence-electron chi connectivity index (χ1n) is 5.16. The topological polar surface area (TPSA) is 12.0 Å². The molecular formula is C10H19NS. The molecule has 0 aromatic rings. The molecule has 1 aliphatic heterocycles. The molecule has 1 unspecified atom stereocenters. The van der Waals surface area contributed by atoms with Gasteiger partial charge in [-0.3, -0.25) is 0 Å². The van der Waals surface area contributed by atoms with Gasteiger partial charge in [-0.15, -0.1) is 0 Å². The molecule has 2 rings (SSSR count). The van der Waals surface area contributed by atoms with E-state index in [0.717, 1.165) is 17.9 Å². The van der Waals surface area contributed by atoms with Crippen LogP contribution >= 0.6 is 11.8 Å². The van der Waals surface area contributed by atoms with Gasteiger partial charge in [0.15, 0.2) is 0 Å². The van der Waals surface area contributed by atoms with Gasteiger partial charge in [0.25, 0.3) is 0 Å². The minimum atomic E-state index is 0.813. The number of rotatable bonds is 3. The number of hydrogen-bond donors (Lipinski definition) is 1. The molecule has 1 heterocycles. The lowest BCUT2D eigenvalue weighted by molar-refractivity contribution is 0.410. The molecule has 1 saturated carbocycles. The molecule has 1 aliphatic carbocycles. The first kappa shape index (κ1) is 8.89. The molecule has 1 N–H and O–H groups in total. The quantitative estimate of drug-likeness (QED) is 0.723. The second kappa shape index (κ2) is 3.59. The highest BCUT2D eigenvalue weighted by molar-refractivity contribution is 7.99. The molecule has 12 heavy (non-hydrogen) atoms. The Morgan fingerprint density at radius 1 is 1.42 bits per heavy atom. The van der Waals surface area contributed by atoms with E-state index in [9.17, 15) is 0 Å². The van der Waals surface area contributed by atoms with Crippen molar-refractivity contribution in [2.24, 2.45) is 11.3 Å². The number of nitrogens with one attached hydrogen (secondary N) is 1. The van der Waals surface area contributed by atoms with Crippen LogP contribution in [0.3, 0.4) is 0 Å². The molecule has 0 bridgehead atoms. The van der Waals surface area contributed by atoms with Gasteiger partial charge in [-0.05, 0) is 55.2 Å². The fourth-order valence-electron chi connectivity index (χ4n) is 2.43. The maximum Gasteiger partial charge on any atom is -0.00151 e. The smallest absolute Gasteiger partial charge is 0.00151 e. The molecule has 2 fully saturated rings. The van der Waals surface area contributed by atoms with Crippen LogP contribution in [-0.2, 0) is 0 Å². The van der Waals surface area contributed by atoms with Crippen molar-refractivity contribution < 1.29 is 0 Å². The fourth-order valence-corrected chi connectivity index (χ4v) is 3.74. The Bertz CT molecular complexity index is 150. The summed E-state index contributed by atoms with van der Waals surface area (Å²) in [6, 6.07) is 0. The van der Waals surface area contributed by atoms with Crippen molar-refractivity contribution in [2.75, 3.05) is 24.6 Å². The normalized spacial score (nSPS) is 32.2. The van der Waals surface area contributed by atoms with Crippen molar-refractivity contribution in [3.8, 4) is 0 Å². The van der Waals surface area contributed by atoms with Gasteiger partial charge >= 0.3 is 0 Å². The lowest BCUT2D eigenvalue weighted by atomic mass is 9.96. The van der Waals surface area contributed by atoms with Crippen LogP contribution in [0.25, 0.3) is 0 Å². The van der Waals surface area contributed by atoms with Crippen LogP contribution in [0.2, 0.25) is 0 Å². The first-order chi connectivity index (χ1) is 5.87. The maximum atomic E-state index is 3.47. The largest absolute Gasteiger partial charge is 0.317 e. The van der Waals surface area contributed by atoms with Crippen LogP contribution in [0, 0.1) is 11.3 Å². The van der Waals surface area contributed by atoms with Crippen molar-refractivity contribution in [2.45, 2.75) is 26.2 Å². The molecule has 0 amide bonds. The number of thioether (sulfide) groups is 1. The highest BCUT2D eigenvalue weighted by Crippen LogP contribution is 2.60. The Morgan fingerprint density at radius 3 is 2.83 bits per heavy atom. The zero-order chi connectivity index (χ0) is 8.44. The summed E-state index contributed by atoms with van der Waals surface area (Å²) in [7, 11) is 0. The molecule has 0 radical (unpaired) electrons. The third-order valence-electron chi connectivity index (χ3n) is 3.49. The second-order valence-corrected chi connectivity index (χ2v) is 5.41. The van der Waals surface area contributed by atoms with E-state index >= 15 is 0 Å². The monoisotopic (exact) mass is 185 g/mol. The van der Waals surface area contributed by atoms with E-state index in [0.29, 0.717) is 0 Å². The first-order valence-corrected chi connectivity index (χ1v) is 6.31. The summed E-state index contributed by atoms with van der Waals surface area (Å²) in [4.78, 5) is 0. The summed E-state index contributed by atoms with van der Waals surface area (Å²) in [6.45, 7) is 4.62. The van der Waals surface area contributed by atoms with Gasteiger partial charge in [-0.2, -0.15) is 11.8 Å². The average molecular weight is 185 g/mol. The third-order valence-corrected chi connectivity index (χ3v) is 4.47. The lowest BCUT2D eigenvalue weighted by Crippen LogP contribution is -2.21. The Kier molecular flexibility index (Phi) is 2.66. The summed E-state index contributed by atoms with van der Waals surface area (Å²) in [5, 5.41) is 3.47. The van der Waals surface area contributed by atoms with Crippen LogP contribution in [0.5, 0.6) is 0 Å². The summed E-state index contributed by atoms with van der Waals surface area (Å²) in [5.74, 6) is 3.86. The van der Waals surface area contributed by atoms with Gasteiger partial charge in [0, 0.05) is 0 Å². The summed E-state index contributed by atoms with van der Waals surface area (Å²) >= 11 is 2.14. The van der Waals surface area contributed by atoms with E-state index < -0.39 is 0 Å². The highest BCUT2D eigenvalue weighted by atomic mass is 32.2. The molecule has 1 saturated heterocycles. The summed E-state index contributed by atoms with van der Waals surface area (Å²) in [5.41, 5.74) is 0.813. The average Bonchev–Trinajstić information content (AvgIpc) is 2.77. The van der Waals surface area contributed by atoms with Gasteiger partial charge in [0.1, 0.15) is 0 Å². The predicted octanol–water partition coefficient (Wildman–Crippen LogP) is 2.13. The number of hydrogen-bond acceptors (Lipinski definition) is 2. The van der Waals surface area contributed by atoms with E-state index in [1.807, 2.05) is 0 Å². The van der Waals surface area contributed by atoms with Crippen molar-refractivity contribution in [3.05, 3.63) is 0 Å². The van der Waals surface area contributed by atoms with Crippen LogP contribution in [0.1, 0.15) is 26.2 Å². The molecule has 0 aromatic heterocycles. The third kappa shape index (κ3) is 1.64. The standard InChI is InChI=1S/C10H19NS/c1-2-11-8-9-7-10(9)3-5-12-6-4-10/h9,11H,2-8H2,1H3. The highest BCUT2D eigenvalue weighted by Gasteiger charge is 2.52. The van der Waals surface area contributed by atoms with E-state index in [1.165, 1.54) is 37.3 Å². The Hall–Kier alpha value is 0.310. The molecule has 2 aliphatic rings. The van der Waals surface area contributed by atoms with E-state index in [-0.39, 0.29) is 0 Å². The van der Waals surface area contributed by atoms with Crippen molar-refractivity contribution in [1.29, 1.82) is 0 Å². The Labute approximate surface area is 79.7 Å². The molecule has 1 atom stereocenters. The van der Waals surface area contributed by atoms with Crippen LogP contribution in [-0.4, -0.2) is 24.6 Å². The minimum absolute atomic E-state index is 0.813. The summed E-state index contributed by atoms with van der Waals surface area (Å²) in [6.07, 6.45) is 4.50. The molecule has 1 spiro atoms. The van der Waals surface area contributed by atoms with Gasteiger partial charge in [-0.1, -0.05) is 6.92 Å². The second-order valence-electron chi connectivity index (χ2n) is 4.18. The van der Waals surface area contributed by atoms with E-state index in [1.54, 1.807) is 0 Å². The lowest BCUT2D eigenvalue weighted by Gasteiger charge is -2.22.